The monoisotopic (exact) mass is 419 g/mol. The number of hydrogen-bond donors (Lipinski definition) is 0. The lowest BCUT2D eigenvalue weighted by molar-refractivity contribution is -0.385. The van der Waals surface area contributed by atoms with Gasteiger partial charge in [0.2, 0.25) is 0 Å². The Kier molecular flexibility index (Phi) is 5.01. The summed E-state index contributed by atoms with van der Waals surface area (Å²) in [6.07, 6.45) is 0. The van der Waals surface area contributed by atoms with Gasteiger partial charge in [-0.15, -0.1) is 11.6 Å². The van der Waals surface area contributed by atoms with Gasteiger partial charge in [-0.1, -0.05) is 37.9 Å². The molecule has 2 aromatic rings. The second-order valence-corrected chi connectivity index (χ2v) is 5.99. The van der Waals surface area contributed by atoms with Gasteiger partial charge in [0.05, 0.1) is 16.9 Å². The van der Waals surface area contributed by atoms with Crippen LogP contribution < -0.4 is 4.74 Å². The van der Waals surface area contributed by atoms with Crippen molar-refractivity contribution in [2.75, 3.05) is 0 Å². The number of hydrogen-bond acceptors (Lipinski definition) is 3. The molecule has 0 radical (unpaired) electrons. The topological polar surface area (TPSA) is 52.4 Å². The zero-order valence-corrected chi connectivity index (χ0v) is 13.9. The molecule has 104 valence electrons. The van der Waals surface area contributed by atoms with Crippen molar-refractivity contribution < 1.29 is 9.66 Å². The number of benzene rings is 2. The first-order valence-corrected chi connectivity index (χ1v) is 7.59. The van der Waals surface area contributed by atoms with Crippen LogP contribution in [0.1, 0.15) is 5.56 Å². The third-order valence-electron chi connectivity index (χ3n) is 2.47. The maximum atomic E-state index is 10.8. The van der Waals surface area contributed by atoms with Crippen molar-refractivity contribution in [1.29, 1.82) is 0 Å². The zero-order valence-electron chi connectivity index (χ0n) is 9.98. The van der Waals surface area contributed by atoms with Gasteiger partial charge < -0.3 is 4.74 Å². The summed E-state index contributed by atoms with van der Waals surface area (Å²) in [7, 11) is 0. The van der Waals surface area contributed by atoms with Crippen molar-refractivity contribution in [1.82, 2.24) is 0 Å². The van der Waals surface area contributed by atoms with Crippen LogP contribution in [0, 0.1) is 10.1 Å². The highest BCUT2D eigenvalue weighted by molar-refractivity contribution is 9.10. The van der Waals surface area contributed by atoms with Gasteiger partial charge in [-0.2, -0.15) is 0 Å². The molecule has 0 amide bonds. The van der Waals surface area contributed by atoms with E-state index in [1.165, 1.54) is 12.1 Å². The van der Waals surface area contributed by atoms with Crippen molar-refractivity contribution in [3.05, 3.63) is 61.0 Å². The number of nitrogens with zero attached hydrogens (tertiary/aromatic N) is 1. The molecule has 2 aromatic carbocycles. The lowest BCUT2D eigenvalue weighted by Crippen LogP contribution is -1.92. The molecule has 7 heteroatoms. The van der Waals surface area contributed by atoms with Crippen LogP contribution in [0.5, 0.6) is 11.5 Å². The highest BCUT2D eigenvalue weighted by Gasteiger charge is 2.12. The standard InChI is InChI=1S/C13H8Br2ClNO3/c14-9-2-1-8(7-16)13(5-9)20-12-4-10(15)3-11(6-12)17(18)19/h1-6H,7H2. The van der Waals surface area contributed by atoms with Crippen molar-refractivity contribution >= 4 is 49.1 Å². The maximum Gasteiger partial charge on any atom is 0.274 e. The van der Waals surface area contributed by atoms with E-state index in [4.69, 9.17) is 16.3 Å². The van der Waals surface area contributed by atoms with Crippen LogP contribution in [0.2, 0.25) is 0 Å². The molecule has 0 aliphatic heterocycles. The Bertz CT molecular complexity index is 664. The van der Waals surface area contributed by atoms with Crippen LogP contribution in [0.4, 0.5) is 5.69 Å². The van der Waals surface area contributed by atoms with Gasteiger partial charge >= 0.3 is 0 Å². The molecule has 0 spiro atoms. The Morgan fingerprint density at radius 3 is 2.55 bits per heavy atom. The fourth-order valence-corrected chi connectivity index (χ4v) is 2.59. The van der Waals surface area contributed by atoms with Crippen LogP contribution in [0.25, 0.3) is 0 Å². The van der Waals surface area contributed by atoms with Crippen molar-refractivity contribution in [3.8, 4) is 11.5 Å². The molecule has 0 saturated carbocycles. The molecule has 0 aromatic heterocycles. The zero-order chi connectivity index (χ0) is 14.7. The van der Waals surface area contributed by atoms with Gasteiger partial charge in [0.15, 0.2) is 0 Å². The van der Waals surface area contributed by atoms with Gasteiger partial charge in [-0.3, -0.25) is 10.1 Å². The quantitative estimate of drug-likeness (QED) is 0.364. The molecule has 0 fully saturated rings. The minimum Gasteiger partial charge on any atom is -0.457 e. The van der Waals surface area contributed by atoms with E-state index in [0.717, 1.165) is 10.0 Å². The molecule has 0 bridgehead atoms. The SMILES string of the molecule is O=[N+]([O-])c1cc(Br)cc(Oc2cc(Br)ccc2CCl)c1. The Morgan fingerprint density at radius 2 is 1.90 bits per heavy atom. The summed E-state index contributed by atoms with van der Waals surface area (Å²) >= 11 is 12.4. The first-order chi connectivity index (χ1) is 9.49. The Labute approximate surface area is 137 Å². The van der Waals surface area contributed by atoms with E-state index in [1.807, 2.05) is 12.1 Å². The average molecular weight is 421 g/mol. The summed E-state index contributed by atoms with van der Waals surface area (Å²) in [6, 6.07) is 9.89. The van der Waals surface area contributed by atoms with E-state index in [2.05, 4.69) is 31.9 Å². The van der Waals surface area contributed by atoms with Crippen LogP contribution in [-0.4, -0.2) is 4.92 Å². The highest BCUT2D eigenvalue weighted by atomic mass is 79.9. The van der Waals surface area contributed by atoms with Crippen LogP contribution in [-0.2, 0) is 5.88 Å². The molecule has 0 heterocycles. The maximum absolute atomic E-state index is 10.8. The molecular weight excluding hydrogens is 413 g/mol. The predicted octanol–water partition coefficient (Wildman–Crippen LogP) is 5.65. The molecule has 0 saturated heterocycles. The average Bonchev–Trinajstić information content (AvgIpc) is 2.38. The summed E-state index contributed by atoms with van der Waals surface area (Å²) < 4.78 is 7.12. The van der Waals surface area contributed by atoms with Crippen molar-refractivity contribution in [3.63, 3.8) is 0 Å². The van der Waals surface area contributed by atoms with Gasteiger partial charge in [0.25, 0.3) is 5.69 Å². The molecule has 0 unspecified atom stereocenters. The smallest absolute Gasteiger partial charge is 0.274 e. The van der Waals surface area contributed by atoms with Crippen LogP contribution >= 0.6 is 43.5 Å². The number of alkyl halides is 1. The fraction of sp³-hybridized carbons (Fsp3) is 0.0769. The van der Waals surface area contributed by atoms with Gasteiger partial charge in [-0.05, 0) is 18.2 Å². The molecule has 0 aliphatic carbocycles. The predicted molar refractivity (Wildman–Crippen MR) is 84.6 cm³/mol. The summed E-state index contributed by atoms with van der Waals surface area (Å²) in [4.78, 5) is 10.4. The van der Waals surface area contributed by atoms with Crippen molar-refractivity contribution in [2.45, 2.75) is 5.88 Å². The Balaban J connectivity index is 2.39. The van der Waals surface area contributed by atoms with E-state index in [0.29, 0.717) is 21.9 Å². The lowest BCUT2D eigenvalue weighted by atomic mass is 10.2. The first kappa shape index (κ1) is 15.3. The van der Waals surface area contributed by atoms with E-state index in [1.54, 1.807) is 12.1 Å². The molecule has 2 rings (SSSR count). The Morgan fingerprint density at radius 1 is 1.15 bits per heavy atom. The third kappa shape index (κ3) is 3.71. The van der Waals surface area contributed by atoms with E-state index >= 15 is 0 Å². The van der Waals surface area contributed by atoms with Gasteiger partial charge in [0.1, 0.15) is 11.5 Å². The summed E-state index contributed by atoms with van der Waals surface area (Å²) in [6.45, 7) is 0. The van der Waals surface area contributed by atoms with E-state index in [9.17, 15) is 10.1 Å². The molecular formula is C13H8Br2ClNO3. The largest absolute Gasteiger partial charge is 0.457 e. The van der Waals surface area contributed by atoms with Gasteiger partial charge in [0, 0.05) is 20.6 Å². The number of rotatable bonds is 4. The molecule has 4 nitrogen and oxygen atoms in total. The number of non-ortho nitro benzene ring substituents is 1. The second-order valence-electron chi connectivity index (χ2n) is 3.89. The lowest BCUT2D eigenvalue weighted by Gasteiger charge is -2.10. The summed E-state index contributed by atoms with van der Waals surface area (Å²) in [5.74, 6) is 1.22. The van der Waals surface area contributed by atoms with E-state index < -0.39 is 4.92 Å². The first-order valence-electron chi connectivity index (χ1n) is 5.47. The molecule has 0 atom stereocenters. The van der Waals surface area contributed by atoms with E-state index in [-0.39, 0.29) is 5.69 Å². The highest BCUT2D eigenvalue weighted by Crippen LogP contribution is 2.33. The molecule has 0 N–H and O–H groups in total. The van der Waals surface area contributed by atoms with Crippen LogP contribution in [0.3, 0.4) is 0 Å². The molecule has 0 aliphatic rings. The summed E-state index contributed by atoms with van der Waals surface area (Å²) in [5, 5.41) is 10.8. The fourth-order valence-electron chi connectivity index (χ4n) is 1.57. The minimum atomic E-state index is -0.471. The number of halogens is 3. The summed E-state index contributed by atoms with van der Waals surface area (Å²) in [5.41, 5.74) is 0.759. The van der Waals surface area contributed by atoms with Crippen LogP contribution in [0.15, 0.2) is 45.3 Å². The number of nitro groups is 1. The number of nitro benzene ring substituents is 1. The second kappa shape index (κ2) is 6.56. The Hall–Kier alpha value is -1.11. The number of ether oxygens (including phenoxy) is 1. The third-order valence-corrected chi connectivity index (χ3v) is 3.71. The van der Waals surface area contributed by atoms with Gasteiger partial charge in [-0.25, -0.2) is 0 Å². The molecule has 20 heavy (non-hydrogen) atoms. The van der Waals surface area contributed by atoms with Crippen molar-refractivity contribution in [2.24, 2.45) is 0 Å². The minimum absolute atomic E-state index is 0.0446. The normalized spacial score (nSPS) is 10.3.